The van der Waals surface area contributed by atoms with E-state index in [9.17, 15) is 14.7 Å². The zero-order valence-corrected chi connectivity index (χ0v) is 15.4. The molecule has 2 rings (SSSR count). The molecule has 2 unspecified atom stereocenters. The Morgan fingerprint density at radius 3 is 2.33 bits per heavy atom. The highest BCUT2D eigenvalue weighted by Gasteiger charge is 2.21. The lowest BCUT2D eigenvalue weighted by Gasteiger charge is -2.13. The van der Waals surface area contributed by atoms with Crippen LogP contribution < -0.4 is 4.74 Å². The third kappa shape index (κ3) is 6.55. The highest BCUT2D eigenvalue weighted by molar-refractivity contribution is 5.89. The van der Waals surface area contributed by atoms with Gasteiger partial charge in [-0.1, -0.05) is 50.6 Å². The van der Waals surface area contributed by atoms with Crippen molar-refractivity contribution >= 4 is 24.2 Å². The van der Waals surface area contributed by atoms with Gasteiger partial charge in [0.1, 0.15) is 11.8 Å². The second kappa shape index (κ2) is 10.1. The van der Waals surface area contributed by atoms with E-state index in [4.69, 9.17) is 4.74 Å². The molecule has 0 aliphatic heterocycles. The predicted octanol–water partition coefficient (Wildman–Crippen LogP) is 4.22. The normalized spacial score (nSPS) is 13.6. The number of hydrogen-bond acceptors (Lipinski definition) is 4. The molecule has 0 saturated carbocycles. The molecule has 0 fully saturated rings. The number of carbonyl (C=O) groups excluding carboxylic acids is 1. The molecule has 5 heteroatoms. The minimum Gasteiger partial charge on any atom is -0.480 e. The average molecular weight is 365 g/mol. The summed E-state index contributed by atoms with van der Waals surface area (Å²) in [6, 6.07) is 15.4. The van der Waals surface area contributed by atoms with Gasteiger partial charge in [0, 0.05) is 12.3 Å². The second-order valence-electron chi connectivity index (χ2n) is 6.18. The van der Waals surface area contributed by atoms with Crippen molar-refractivity contribution in [2.45, 2.75) is 26.3 Å². The Labute approximate surface area is 159 Å². The van der Waals surface area contributed by atoms with Crippen molar-refractivity contribution in [3.05, 3.63) is 71.8 Å². The summed E-state index contributed by atoms with van der Waals surface area (Å²) in [5, 5.41) is 9.25. The minimum absolute atomic E-state index is 0.0459. The van der Waals surface area contributed by atoms with Crippen molar-refractivity contribution < 1.29 is 19.4 Å². The number of hydrogen-bond donors (Lipinski definition) is 1. The molecule has 0 aliphatic rings. The summed E-state index contributed by atoms with van der Waals surface area (Å²) in [6.45, 7) is 3.80. The highest BCUT2D eigenvalue weighted by atomic mass is 16.5. The fourth-order valence-corrected chi connectivity index (χ4v) is 2.34. The molecule has 1 N–H and O–H groups in total. The summed E-state index contributed by atoms with van der Waals surface area (Å²) >= 11 is 0. The van der Waals surface area contributed by atoms with Crippen molar-refractivity contribution in [3.8, 4) is 5.75 Å². The van der Waals surface area contributed by atoms with Crippen LogP contribution in [0.3, 0.4) is 0 Å². The molecule has 0 heterocycles. The first kappa shape index (κ1) is 20.1. The third-order valence-corrected chi connectivity index (χ3v) is 4.13. The smallest absolute Gasteiger partial charge is 0.336 e. The first-order chi connectivity index (χ1) is 13.0. The molecule has 140 valence electrons. The van der Waals surface area contributed by atoms with Crippen LogP contribution in [0.15, 0.2) is 65.7 Å². The number of carboxylic acid groups (broad SMARTS) is 1. The monoisotopic (exact) mass is 365 g/mol. The summed E-state index contributed by atoms with van der Waals surface area (Å²) in [6.07, 6.45) is 5.32. The molecule has 0 spiro atoms. The van der Waals surface area contributed by atoms with Crippen LogP contribution >= 0.6 is 0 Å². The van der Waals surface area contributed by atoms with Gasteiger partial charge in [-0.05, 0) is 47.4 Å². The average Bonchev–Trinajstić information content (AvgIpc) is 2.68. The number of nitrogens with zero attached hydrogens (tertiary/aromatic N) is 1. The largest absolute Gasteiger partial charge is 0.480 e. The number of aliphatic carboxylic acids is 1. The van der Waals surface area contributed by atoms with Crippen LogP contribution in [0.25, 0.3) is 6.08 Å². The maximum Gasteiger partial charge on any atom is 0.336 e. The number of rotatable bonds is 8. The van der Waals surface area contributed by atoms with Crippen LogP contribution in [-0.2, 0) is 9.59 Å². The Morgan fingerprint density at radius 1 is 1.07 bits per heavy atom. The molecule has 0 saturated heterocycles. The molecule has 5 nitrogen and oxygen atoms in total. The van der Waals surface area contributed by atoms with Crippen molar-refractivity contribution in [1.29, 1.82) is 0 Å². The summed E-state index contributed by atoms with van der Waals surface area (Å²) in [4.78, 5) is 27.3. The maximum absolute atomic E-state index is 11.9. The summed E-state index contributed by atoms with van der Waals surface area (Å²) in [5.41, 5.74) is 1.65. The minimum atomic E-state index is -0.934. The van der Waals surface area contributed by atoms with E-state index in [1.165, 1.54) is 12.3 Å². The van der Waals surface area contributed by atoms with Gasteiger partial charge in [-0.2, -0.15) is 0 Å². The van der Waals surface area contributed by atoms with Gasteiger partial charge in [0.25, 0.3) is 0 Å². The Hall–Kier alpha value is -3.21. The highest BCUT2D eigenvalue weighted by Crippen LogP contribution is 2.14. The van der Waals surface area contributed by atoms with E-state index in [2.05, 4.69) is 4.99 Å². The van der Waals surface area contributed by atoms with Crippen molar-refractivity contribution in [2.75, 3.05) is 0 Å². The number of ether oxygens (including phenoxy) is 1. The molecule has 27 heavy (non-hydrogen) atoms. The van der Waals surface area contributed by atoms with Gasteiger partial charge in [0.2, 0.25) is 0 Å². The van der Waals surface area contributed by atoms with Gasteiger partial charge in [0.05, 0.1) is 0 Å². The van der Waals surface area contributed by atoms with E-state index in [0.29, 0.717) is 5.75 Å². The SMILES string of the molecule is CCC(C)C(N=Cc1ccc(OC(=O)/C=C/c2ccccc2)cc1)C(=O)O. The zero-order valence-electron chi connectivity index (χ0n) is 15.4. The molecular formula is C22H23NO4. The lowest BCUT2D eigenvalue weighted by atomic mass is 10.00. The van der Waals surface area contributed by atoms with E-state index in [1.54, 1.807) is 30.3 Å². The third-order valence-electron chi connectivity index (χ3n) is 4.13. The summed E-state index contributed by atoms with van der Waals surface area (Å²) in [5.74, 6) is -1.04. The van der Waals surface area contributed by atoms with Crippen LogP contribution in [0.4, 0.5) is 0 Å². The number of carboxylic acids is 1. The van der Waals surface area contributed by atoms with Gasteiger partial charge in [0.15, 0.2) is 0 Å². The summed E-state index contributed by atoms with van der Waals surface area (Å²) < 4.78 is 5.25. The fraction of sp³-hybridized carbons (Fsp3) is 0.227. The molecule has 0 radical (unpaired) electrons. The van der Waals surface area contributed by atoms with Crippen LogP contribution in [0, 0.1) is 5.92 Å². The number of esters is 1. The van der Waals surface area contributed by atoms with Gasteiger partial charge < -0.3 is 9.84 Å². The molecule has 0 aromatic heterocycles. The lowest BCUT2D eigenvalue weighted by molar-refractivity contribution is -0.139. The van der Waals surface area contributed by atoms with Crippen molar-refractivity contribution in [2.24, 2.45) is 10.9 Å². The Balaban J connectivity index is 1.96. The first-order valence-electron chi connectivity index (χ1n) is 8.80. The topological polar surface area (TPSA) is 76.0 Å². The molecule has 0 aliphatic carbocycles. The number of carbonyl (C=O) groups is 2. The summed E-state index contributed by atoms with van der Waals surface area (Å²) in [7, 11) is 0. The number of aliphatic imine (C=N–C) groups is 1. The number of benzene rings is 2. The zero-order chi connectivity index (χ0) is 19.6. The predicted molar refractivity (Wildman–Crippen MR) is 106 cm³/mol. The van der Waals surface area contributed by atoms with E-state index < -0.39 is 18.0 Å². The van der Waals surface area contributed by atoms with E-state index in [0.717, 1.165) is 17.5 Å². The van der Waals surface area contributed by atoms with Crippen molar-refractivity contribution in [1.82, 2.24) is 0 Å². The molecule has 0 bridgehead atoms. The Bertz CT molecular complexity index is 810. The van der Waals surface area contributed by atoms with Gasteiger partial charge in [-0.3, -0.25) is 4.99 Å². The maximum atomic E-state index is 11.9. The Morgan fingerprint density at radius 2 is 1.74 bits per heavy atom. The van der Waals surface area contributed by atoms with Gasteiger partial charge in [-0.25, -0.2) is 9.59 Å². The van der Waals surface area contributed by atoms with Gasteiger partial charge >= 0.3 is 11.9 Å². The molecular weight excluding hydrogens is 342 g/mol. The lowest BCUT2D eigenvalue weighted by Crippen LogP contribution is -2.25. The quantitative estimate of drug-likeness (QED) is 0.329. The molecule has 0 amide bonds. The van der Waals surface area contributed by atoms with Crippen LogP contribution in [0.1, 0.15) is 31.4 Å². The second-order valence-corrected chi connectivity index (χ2v) is 6.18. The van der Waals surface area contributed by atoms with Crippen molar-refractivity contribution in [3.63, 3.8) is 0 Å². The van der Waals surface area contributed by atoms with Crippen LogP contribution in [-0.4, -0.2) is 29.3 Å². The Kier molecular flexibility index (Phi) is 7.49. The van der Waals surface area contributed by atoms with E-state index in [-0.39, 0.29) is 5.92 Å². The van der Waals surface area contributed by atoms with Crippen LogP contribution in [0.2, 0.25) is 0 Å². The fourth-order valence-electron chi connectivity index (χ4n) is 2.34. The molecule has 2 aromatic carbocycles. The van der Waals surface area contributed by atoms with Crippen LogP contribution in [0.5, 0.6) is 5.75 Å². The standard InChI is InChI=1S/C22H23NO4/c1-3-16(2)21(22(25)26)23-15-18-9-12-19(13-10-18)27-20(24)14-11-17-7-5-4-6-8-17/h4-16,21H,3H2,1-2H3,(H,25,26)/b14-11+,23-15?. The van der Waals surface area contributed by atoms with E-state index >= 15 is 0 Å². The first-order valence-corrected chi connectivity index (χ1v) is 8.80. The van der Waals surface area contributed by atoms with Gasteiger partial charge in [-0.15, -0.1) is 0 Å². The molecule has 2 aromatic rings. The van der Waals surface area contributed by atoms with E-state index in [1.807, 2.05) is 44.2 Å². The molecule has 2 atom stereocenters.